The van der Waals surface area contributed by atoms with Crippen LogP contribution in [0.3, 0.4) is 0 Å². The number of phenolic OH excluding ortho intramolecular Hbond substituents is 1. The predicted molar refractivity (Wildman–Crippen MR) is 141 cm³/mol. The van der Waals surface area contributed by atoms with Gasteiger partial charge in [-0.25, -0.2) is 4.79 Å². The van der Waals surface area contributed by atoms with Crippen molar-refractivity contribution < 1.29 is 33.6 Å². The average Bonchev–Trinajstić information content (AvgIpc) is 2.91. The van der Waals surface area contributed by atoms with Crippen molar-refractivity contribution in [2.24, 2.45) is 0 Å². The van der Waals surface area contributed by atoms with Gasteiger partial charge in [0.2, 0.25) is 5.91 Å². The minimum Gasteiger partial charge on any atom is -0.507 e. The number of carbonyl (C=O) groups is 1. The summed E-state index contributed by atoms with van der Waals surface area (Å²) in [6, 6.07) is 16.5. The van der Waals surface area contributed by atoms with Gasteiger partial charge in [-0.2, -0.15) is 0 Å². The minimum atomic E-state index is -0.914. The third kappa shape index (κ3) is 5.51. The lowest BCUT2D eigenvalue weighted by atomic mass is 9.87. The Morgan fingerprint density at radius 2 is 1.71 bits per heavy atom. The van der Waals surface area contributed by atoms with Crippen LogP contribution in [0.4, 0.5) is 0 Å². The molecule has 0 aliphatic heterocycles. The molecule has 9 heteroatoms. The van der Waals surface area contributed by atoms with Gasteiger partial charge in [-0.05, 0) is 54.4 Å². The number of benzene rings is 3. The number of carbonyl (C=O) groups excluding carboxylic acids is 1. The van der Waals surface area contributed by atoms with E-state index in [9.17, 15) is 19.8 Å². The molecule has 0 fully saturated rings. The number of ether oxygens (including phenoxy) is 3. The van der Waals surface area contributed by atoms with Crippen molar-refractivity contribution in [3.05, 3.63) is 87.8 Å². The van der Waals surface area contributed by atoms with Gasteiger partial charge < -0.3 is 34.2 Å². The molecular formula is C29H29NO8. The van der Waals surface area contributed by atoms with Gasteiger partial charge in [0, 0.05) is 18.9 Å². The summed E-state index contributed by atoms with van der Waals surface area (Å²) in [5.74, 6) is -0.361. The zero-order valence-corrected chi connectivity index (χ0v) is 21.3. The van der Waals surface area contributed by atoms with Crippen LogP contribution in [0, 0.1) is 0 Å². The van der Waals surface area contributed by atoms with Crippen molar-refractivity contribution in [1.29, 1.82) is 0 Å². The highest BCUT2D eigenvalue weighted by molar-refractivity contribution is 5.85. The molecule has 0 radical (unpaired) electrons. The summed E-state index contributed by atoms with van der Waals surface area (Å²) >= 11 is 0. The van der Waals surface area contributed by atoms with Crippen LogP contribution in [0.2, 0.25) is 0 Å². The lowest BCUT2D eigenvalue weighted by molar-refractivity contribution is -0.121. The quantitative estimate of drug-likeness (QED) is 0.262. The maximum Gasteiger partial charge on any atom is 0.343 e. The molecule has 0 bridgehead atoms. The zero-order valence-electron chi connectivity index (χ0n) is 21.3. The molecule has 0 aliphatic rings. The first-order valence-corrected chi connectivity index (χ1v) is 12.0. The minimum absolute atomic E-state index is 0.0773. The largest absolute Gasteiger partial charge is 0.507 e. The first kappa shape index (κ1) is 26.4. The molecule has 4 rings (SSSR count). The molecule has 198 valence electrons. The van der Waals surface area contributed by atoms with E-state index in [4.69, 9.17) is 18.6 Å². The molecule has 1 heterocycles. The smallest absolute Gasteiger partial charge is 0.343 e. The van der Waals surface area contributed by atoms with Crippen LogP contribution >= 0.6 is 0 Å². The van der Waals surface area contributed by atoms with E-state index in [1.165, 1.54) is 19.2 Å². The van der Waals surface area contributed by atoms with Crippen LogP contribution in [0.1, 0.15) is 36.0 Å². The van der Waals surface area contributed by atoms with Crippen molar-refractivity contribution in [1.82, 2.24) is 5.32 Å². The third-order valence-electron chi connectivity index (χ3n) is 6.18. The number of fused-ring (bicyclic) bond motifs is 1. The van der Waals surface area contributed by atoms with Gasteiger partial charge in [0.05, 0.1) is 31.8 Å². The maximum absolute atomic E-state index is 13.1. The van der Waals surface area contributed by atoms with E-state index in [-0.39, 0.29) is 47.3 Å². The molecule has 3 N–H and O–H groups in total. The lowest BCUT2D eigenvalue weighted by Crippen LogP contribution is -2.26. The second-order valence-corrected chi connectivity index (χ2v) is 8.53. The monoisotopic (exact) mass is 519 g/mol. The van der Waals surface area contributed by atoms with Crippen LogP contribution < -0.4 is 25.2 Å². The molecule has 3 aromatic carbocycles. The van der Waals surface area contributed by atoms with Gasteiger partial charge >= 0.3 is 5.63 Å². The third-order valence-corrected chi connectivity index (χ3v) is 6.18. The number of methoxy groups -OCH3 is 2. The molecule has 1 amide bonds. The number of nitrogens with one attached hydrogen (secondary N) is 1. The Balaban J connectivity index is 1.66. The standard InChI is InChI=1S/C29H29NO8/c1-4-37-25-13-17(9-11-24(25)36-3)16-30-26(32)15-20(18-10-12-23(35-2)21(31)14-18)27-28(33)19-7-5-6-8-22(19)38-29(27)34/h5-14,20,31,33H,4,15-16H2,1-3H3,(H,30,32)/t20-/m1/s1. The lowest BCUT2D eigenvalue weighted by Gasteiger charge is -2.19. The van der Waals surface area contributed by atoms with Crippen LogP contribution in [-0.2, 0) is 11.3 Å². The summed E-state index contributed by atoms with van der Waals surface area (Å²) < 4.78 is 21.5. The number of hydrogen-bond acceptors (Lipinski definition) is 8. The number of amides is 1. The van der Waals surface area contributed by atoms with Crippen molar-refractivity contribution in [3.63, 3.8) is 0 Å². The summed E-state index contributed by atoms with van der Waals surface area (Å²) in [6.45, 7) is 2.52. The molecule has 0 aliphatic carbocycles. The summed E-state index contributed by atoms with van der Waals surface area (Å²) in [6.07, 6.45) is -0.198. The van der Waals surface area contributed by atoms with E-state index >= 15 is 0 Å². The fourth-order valence-electron chi connectivity index (χ4n) is 4.32. The maximum atomic E-state index is 13.1. The number of para-hydroxylation sites is 1. The Morgan fingerprint density at radius 1 is 0.974 bits per heavy atom. The van der Waals surface area contributed by atoms with Crippen LogP contribution in [-0.4, -0.2) is 36.9 Å². The number of hydrogen-bond donors (Lipinski definition) is 3. The molecule has 9 nitrogen and oxygen atoms in total. The van der Waals surface area contributed by atoms with E-state index in [1.807, 2.05) is 13.0 Å². The van der Waals surface area contributed by atoms with Gasteiger partial charge in [-0.15, -0.1) is 0 Å². The molecule has 4 aromatic rings. The zero-order chi connectivity index (χ0) is 27.2. The summed E-state index contributed by atoms with van der Waals surface area (Å²) in [7, 11) is 2.97. The van der Waals surface area contributed by atoms with E-state index < -0.39 is 11.5 Å². The summed E-state index contributed by atoms with van der Waals surface area (Å²) in [5.41, 5.74) is 0.593. The van der Waals surface area contributed by atoms with E-state index in [1.54, 1.807) is 49.6 Å². The van der Waals surface area contributed by atoms with Crippen molar-refractivity contribution in [2.75, 3.05) is 20.8 Å². The van der Waals surface area contributed by atoms with Gasteiger partial charge in [-0.3, -0.25) is 4.79 Å². The fraction of sp³-hybridized carbons (Fsp3) is 0.241. The second kappa shape index (κ2) is 11.6. The molecular weight excluding hydrogens is 490 g/mol. The van der Waals surface area contributed by atoms with E-state index in [0.717, 1.165) is 5.56 Å². The second-order valence-electron chi connectivity index (χ2n) is 8.53. The van der Waals surface area contributed by atoms with Crippen molar-refractivity contribution in [3.8, 4) is 28.7 Å². The van der Waals surface area contributed by atoms with Gasteiger partial charge in [0.1, 0.15) is 11.3 Å². The Labute approximate surface area is 219 Å². The van der Waals surface area contributed by atoms with Gasteiger partial charge in [-0.1, -0.05) is 24.3 Å². The highest BCUT2D eigenvalue weighted by atomic mass is 16.5. The highest BCUT2D eigenvalue weighted by Crippen LogP contribution is 2.38. The number of phenols is 1. The van der Waals surface area contributed by atoms with Crippen LogP contribution in [0.5, 0.6) is 28.7 Å². The Kier molecular flexibility index (Phi) is 8.06. The SMILES string of the molecule is CCOc1cc(CNC(=O)C[C@H](c2ccc(OC)c(O)c2)c2c(O)c3ccccc3oc2=O)ccc1OC. The number of aromatic hydroxyl groups is 2. The number of rotatable bonds is 10. The Bertz CT molecular complexity index is 1510. The highest BCUT2D eigenvalue weighted by Gasteiger charge is 2.28. The molecule has 0 saturated heterocycles. The van der Waals surface area contributed by atoms with Crippen molar-refractivity contribution >= 4 is 16.9 Å². The Hall–Kier alpha value is -4.66. The molecule has 38 heavy (non-hydrogen) atoms. The van der Waals surface area contributed by atoms with E-state index in [2.05, 4.69) is 5.32 Å². The normalized spacial score (nSPS) is 11.7. The molecule has 1 aromatic heterocycles. The average molecular weight is 520 g/mol. The first-order valence-electron chi connectivity index (χ1n) is 12.0. The molecule has 1 atom stereocenters. The van der Waals surface area contributed by atoms with Crippen LogP contribution in [0.25, 0.3) is 11.0 Å². The van der Waals surface area contributed by atoms with Gasteiger partial charge in [0.15, 0.2) is 23.0 Å². The first-order chi connectivity index (χ1) is 18.4. The van der Waals surface area contributed by atoms with Gasteiger partial charge in [0.25, 0.3) is 0 Å². The Morgan fingerprint density at radius 3 is 2.42 bits per heavy atom. The fourth-order valence-corrected chi connectivity index (χ4v) is 4.32. The van der Waals surface area contributed by atoms with Crippen molar-refractivity contribution in [2.45, 2.75) is 25.8 Å². The molecule has 0 saturated carbocycles. The molecule has 0 unspecified atom stereocenters. The summed E-state index contributed by atoms with van der Waals surface area (Å²) in [4.78, 5) is 26.2. The van der Waals surface area contributed by atoms with E-state index in [0.29, 0.717) is 29.1 Å². The molecule has 0 spiro atoms. The topological polar surface area (TPSA) is 127 Å². The predicted octanol–water partition coefficient (Wildman–Crippen LogP) is 4.46. The summed E-state index contributed by atoms with van der Waals surface area (Å²) in [5, 5.41) is 24.7. The van der Waals surface area contributed by atoms with Crippen LogP contribution in [0.15, 0.2) is 69.9 Å².